The highest BCUT2D eigenvalue weighted by molar-refractivity contribution is 7.99. The second-order valence-electron chi connectivity index (χ2n) is 6.57. The van der Waals surface area contributed by atoms with Crippen molar-refractivity contribution in [2.75, 3.05) is 18.2 Å². The van der Waals surface area contributed by atoms with Gasteiger partial charge in [-0.1, -0.05) is 30.8 Å². The minimum Gasteiger partial charge on any atom is -0.497 e. The van der Waals surface area contributed by atoms with Gasteiger partial charge in [0.25, 0.3) is 5.22 Å². The van der Waals surface area contributed by atoms with Crippen LogP contribution in [0.5, 0.6) is 5.75 Å². The quantitative estimate of drug-likeness (QED) is 0.380. The van der Waals surface area contributed by atoms with Crippen LogP contribution in [0.2, 0.25) is 0 Å². The number of methoxy groups -OCH3 is 1. The Labute approximate surface area is 179 Å². The molecule has 0 aliphatic carbocycles. The van der Waals surface area contributed by atoms with Gasteiger partial charge in [0.15, 0.2) is 5.78 Å². The number of nitrogens with one attached hydrogen (secondary N) is 1. The first-order chi connectivity index (χ1) is 14.6. The van der Waals surface area contributed by atoms with E-state index in [1.807, 2.05) is 31.2 Å². The predicted molar refractivity (Wildman–Crippen MR) is 115 cm³/mol. The van der Waals surface area contributed by atoms with E-state index < -0.39 is 0 Å². The molecule has 0 bridgehead atoms. The summed E-state index contributed by atoms with van der Waals surface area (Å²) in [5, 5.41) is 11.2. The third-order valence-corrected chi connectivity index (χ3v) is 5.08. The van der Waals surface area contributed by atoms with Gasteiger partial charge in [-0.3, -0.25) is 9.59 Å². The van der Waals surface area contributed by atoms with E-state index in [0.717, 1.165) is 17.7 Å². The fraction of sp³-hybridized carbons (Fsp3) is 0.273. The number of hydrogen-bond acceptors (Lipinski definition) is 7. The van der Waals surface area contributed by atoms with Crippen molar-refractivity contribution in [1.29, 1.82) is 0 Å². The molecule has 0 fully saturated rings. The summed E-state index contributed by atoms with van der Waals surface area (Å²) in [7, 11) is 1.62. The van der Waals surface area contributed by atoms with E-state index in [-0.39, 0.29) is 17.4 Å². The number of nitrogens with zero attached hydrogens (tertiary/aromatic N) is 2. The molecule has 8 heteroatoms. The van der Waals surface area contributed by atoms with Gasteiger partial charge in [0.05, 0.1) is 19.3 Å². The Morgan fingerprint density at radius 1 is 1.07 bits per heavy atom. The fourth-order valence-corrected chi connectivity index (χ4v) is 3.36. The fourth-order valence-electron chi connectivity index (χ4n) is 2.69. The van der Waals surface area contributed by atoms with Crippen molar-refractivity contribution >= 4 is 29.1 Å². The van der Waals surface area contributed by atoms with Gasteiger partial charge < -0.3 is 14.5 Å². The van der Waals surface area contributed by atoms with Crippen molar-refractivity contribution in [2.45, 2.75) is 31.4 Å². The predicted octanol–water partition coefficient (Wildman–Crippen LogP) is 4.38. The Morgan fingerprint density at radius 2 is 1.80 bits per heavy atom. The van der Waals surface area contributed by atoms with Crippen LogP contribution < -0.4 is 10.1 Å². The molecule has 0 spiro atoms. The number of ketones is 1. The highest BCUT2D eigenvalue weighted by Gasteiger charge is 2.12. The van der Waals surface area contributed by atoms with Gasteiger partial charge in [0.1, 0.15) is 5.75 Å². The summed E-state index contributed by atoms with van der Waals surface area (Å²) in [5.41, 5.74) is 2.27. The molecule has 0 aliphatic heterocycles. The van der Waals surface area contributed by atoms with Gasteiger partial charge in [0.2, 0.25) is 11.8 Å². The lowest BCUT2D eigenvalue weighted by molar-refractivity contribution is -0.116. The van der Waals surface area contributed by atoms with Crippen LogP contribution in [0.3, 0.4) is 0 Å². The molecule has 1 N–H and O–H groups in total. The average molecular weight is 426 g/mol. The Balaban J connectivity index is 1.50. The third kappa shape index (κ3) is 6.18. The minimum atomic E-state index is -0.0543. The standard InChI is InChI=1S/C22H23N3O4S/c1-3-4-20(27)23-17-9-7-16(8-10-17)19(26)14-30-22-25-24-21(29-22)13-15-5-11-18(28-2)12-6-15/h5-12H,3-4,13-14H2,1-2H3,(H,23,27). The lowest BCUT2D eigenvalue weighted by atomic mass is 10.1. The maximum absolute atomic E-state index is 12.4. The molecule has 156 valence electrons. The van der Waals surface area contributed by atoms with E-state index in [4.69, 9.17) is 9.15 Å². The van der Waals surface area contributed by atoms with E-state index in [2.05, 4.69) is 15.5 Å². The molecule has 0 atom stereocenters. The van der Waals surface area contributed by atoms with Gasteiger partial charge in [-0.15, -0.1) is 10.2 Å². The summed E-state index contributed by atoms with van der Waals surface area (Å²) < 4.78 is 10.8. The maximum atomic E-state index is 12.4. The number of hydrogen-bond donors (Lipinski definition) is 1. The zero-order valence-electron chi connectivity index (χ0n) is 16.9. The number of anilines is 1. The lowest BCUT2D eigenvalue weighted by Crippen LogP contribution is -2.10. The first-order valence-electron chi connectivity index (χ1n) is 9.58. The van der Waals surface area contributed by atoms with Crippen molar-refractivity contribution < 1.29 is 18.7 Å². The number of carbonyl (C=O) groups is 2. The van der Waals surface area contributed by atoms with E-state index in [1.54, 1.807) is 31.4 Å². The topological polar surface area (TPSA) is 94.3 Å². The largest absolute Gasteiger partial charge is 0.497 e. The van der Waals surface area contributed by atoms with Gasteiger partial charge >= 0.3 is 0 Å². The van der Waals surface area contributed by atoms with Crippen LogP contribution in [0.1, 0.15) is 41.6 Å². The Kier molecular flexibility index (Phi) is 7.62. The highest BCUT2D eigenvalue weighted by Crippen LogP contribution is 2.21. The normalized spacial score (nSPS) is 10.6. The summed E-state index contributed by atoms with van der Waals surface area (Å²) >= 11 is 1.20. The monoisotopic (exact) mass is 425 g/mol. The van der Waals surface area contributed by atoms with Crippen LogP contribution in [-0.4, -0.2) is 34.8 Å². The van der Waals surface area contributed by atoms with Crippen LogP contribution in [-0.2, 0) is 11.2 Å². The smallest absolute Gasteiger partial charge is 0.277 e. The van der Waals surface area contributed by atoms with Crippen LogP contribution in [0, 0.1) is 0 Å². The van der Waals surface area contributed by atoms with E-state index in [0.29, 0.717) is 35.2 Å². The third-order valence-electron chi connectivity index (χ3n) is 4.26. The second-order valence-corrected chi connectivity index (χ2v) is 7.50. The molecule has 2 aromatic carbocycles. The lowest BCUT2D eigenvalue weighted by Gasteiger charge is -2.05. The molecule has 3 aromatic rings. The molecular weight excluding hydrogens is 402 g/mol. The summed E-state index contributed by atoms with van der Waals surface area (Å²) in [4.78, 5) is 24.0. The van der Waals surface area contributed by atoms with E-state index in [9.17, 15) is 9.59 Å². The van der Waals surface area contributed by atoms with Crippen molar-refractivity contribution in [2.24, 2.45) is 0 Å². The highest BCUT2D eigenvalue weighted by atomic mass is 32.2. The Morgan fingerprint density at radius 3 is 2.47 bits per heavy atom. The van der Waals surface area contributed by atoms with Gasteiger partial charge in [-0.25, -0.2) is 0 Å². The van der Waals surface area contributed by atoms with Gasteiger partial charge in [-0.05, 0) is 48.4 Å². The van der Waals surface area contributed by atoms with Crippen LogP contribution in [0.25, 0.3) is 0 Å². The molecule has 1 heterocycles. The zero-order chi connectivity index (χ0) is 21.3. The molecular formula is C22H23N3O4S. The van der Waals surface area contributed by atoms with Crippen molar-refractivity contribution in [1.82, 2.24) is 10.2 Å². The number of rotatable bonds is 10. The maximum Gasteiger partial charge on any atom is 0.277 e. The molecule has 30 heavy (non-hydrogen) atoms. The van der Waals surface area contributed by atoms with Gasteiger partial charge in [-0.2, -0.15) is 0 Å². The Hall–Kier alpha value is -3.13. The second kappa shape index (κ2) is 10.6. The van der Waals surface area contributed by atoms with Crippen LogP contribution >= 0.6 is 11.8 Å². The van der Waals surface area contributed by atoms with E-state index in [1.165, 1.54) is 11.8 Å². The van der Waals surface area contributed by atoms with E-state index >= 15 is 0 Å². The van der Waals surface area contributed by atoms with Crippen LogP contribution in [0.4, 0.5) is 5.69 Å². The summed E-state index contributed by atoms with van der Waals surface area (Å²) in [6, 6.07) is 14.5. The number of Topliss-reactive ketones (excluding diaryl/α,β-unsaturated/α-hetero) is 1. The Bertz CT molecular complexity index is 984. The first-order valence-corrected chi connectivity index (χ1v) is 10.6. The molecule has 0 saturated heterocycles. The number of thioether (sulfide) groups is 1. The number of aromatic nitrogens is 2. The van der Waals surface area contributed by atoms with Crippen molar-refractivity contribution in [3.8, 4) is 5.75 Å². The number of amides is 1. The minimum absolute atomic E-state index is 0.0334. The van der Waals surface area contributed by atoms with Crippen LogP contribution in [0.15, 0.2) is 58.2 Å². The molecule has 0 saturated carbocycles. The summed E-state index contributed by atoms with van der Waals surface area (Å²) in [5.74, 6) is 1.37. The first kappa shape index (κ1) is 21.6. The summed E-state index contributed by atoms with van der Waals surface area (Å²) in [6.45, 7) is 1.95. The van der Waals surface area contributed by atoms with Gasteiger partial charge in [0, 0.05) is 17.7 Å². The average Bonchev–Trinajstić information content (AvgIpc) is 3.20. The zero-order valence-corrected chi connectivity index (χ0v) is 17.7. The van der Waals surface area contributed by atoms with Crippen molar-refractivity contribution in [3.05, 3.63) is 65.5 Å². The number of carbonyl (C=O) groups excluding carboxylic acids is 2. The molecule has 0 unspecified atom stereocenters. The molecule has 3 rings (SSSR count). The van der Waals surface area contributed by atoms with Crippen molar-refractivity contribution in [3.63, 3.8) is 0 Å². The molecule has 0 radical (unpaired) electrons. The number of ether oxygens (including phenoxy) is 1. The molecule has 1 aromatic heterocycles. The molecule has 0 aliphatic rings. The molecule has 7 nitrogen and oxygen atoms in total. The summed E-state index contributed by atoms with van der Waals surface area (Å²) in [6.07, 6.45) is 1.77. The number of benzene rings is 2. The SMILES string of the molecule is CCCC(=O)Nc1ccc(C(=O)CSc2nnc(Cc3ccc(OC)cc3)o2)cc1. The molecule has 1 amide bonds.